The van der Waals surface area contributed by atoms with Gasteiger partial charge in [-0.3, -0.25) is 0 Å². The lowest BCUT2D eigenvalue weighted by molar-refractivity contribution is 1.19. The molecule has 0 heteroatoms. The first-order chi connectivity index (χ1) is 6.33. The van der Waals surface area contributed by atoms with Crippen LogP contribution in [0.1, 0.15) is 25.0 Å². The zero-order chi connectivity index (χ0) is 9.26. The van der Waals surface area contributed by atoms with Gasteiger partial charge in [0.1, 0.15) is 0 Å². The molecule has 0 bridgehead atoms. The summed E-state index contributed by atoms with van der Waals surface area (Å²) in [7, 11) is 0. The van der Waals surface area contributed by atoms with Gasteiger partial charge in [-0.15, -0.1) is 0 Å². The van der Waals surface area contributed by atoms with Crippen molar-refractivity contribution >= 4 is 5.57 Å². The van der Waals surface area contributed by atoms with E-state index in [1.165, 1.54) is 22.3 Å². The van der Waals surface area contributed by atoms with Crippen LogP contribution in [0.25, 0.3) is 5.57 Å². The van der Waals surface area contributed by atoms with E-state index in [0.29, 0.717) is 0 Å². The molecule has 66 valence electrons. The molecule has 0 aromatic heterocycles. The second-order valence-electron chi connectivity index (χ2n) is 3.53. The van der Waals surface area contributed by atoms with Crippen molar-refractivity contribution < 1.29 is 0 Å². The molecule has 0 saturated carbocycles. The van der Waals surface area contributed by atoms with Crippen molar-refractivity contribution in [3.63, 3.8) is 0 Å². The fourth-order valence-electron chi connectivity index (χ4n) is 1.95. The van der Waals surface area contributed by atoms with Crippen LogP contribution in [-0.2, 0) is 6.42 Å². The summed E-state index contributed by atoms with van der Waals surface area (Å²) in [6, 6.07) is 8.65. The van der Waals surface area contributed by atoms with Gasteiger partial charge in [0.15, 0.2) is 0 Å². The summed E-state index contributed by atoms with van der Waals surface area (Å²) < 4.78 is 0. The van der Waals surface area contributed by atoms with E-state index in [1.807, 2.05) is 0 Å². The first kappa shape index (κ1) is 8.31. The maximum atomic E-state index is 2.22. The maximum Gasteiger partial charge on any atom is -0.00545 e. The third-order valence-corrected chi connectivity index (χ3v) is 2.56. The van der Waals surface area contributed by atoms with Gasteiger partial charge in [-0.05, 0) is 37.0 Å². The molecule has 0 nitrogen and oxygen atoms in total. The number of allylic oxidation sites excluding steroid dienone is 4. The Morgan fingerprint density at radius 3 is 2.77 bits per heavy atom. The minimum atomic E-state index is 1.12. The molecule has 1 aliphatic rings. The molecule has 0 saturated heterocycles. The lowest BCUT2D eigenvalue weighted by Crippen LogP contribution is -1.80. The number of rotatable bonds is 1. The normalized spacial score (nSPS) is 15.5. The number of hydrogen-bond donors (Lipinski definition) is 0. The minimum absolute atomic E-state index is 1.12. The van der Waals surface area contributed by atoms with Crippen molar-refractivity contribution in [2.75, 3.05) is 0 Å². The average molecular weight is 170 g/mol. The fourth-order valence-corrected chi connectivity index (χ4v) is 1.95. The van der Waals surface area contributed by atoms with Crippen molar-refractivity contribution in [1.29, 1.82) is 0 Å². The van der Waals surface area contributed by atoms with Gasteiger partial charge in [0.05, 0.1) is 0 Å². The van der Waals surface area contributed by atoms with E-state index >= 15 is 0 Å². The van der Waals surface area contributed by atoms with Crippen LogP contribution in [0.15, 0.2) is 42.0 Å². The Bertz CT molecular complexity index is 381. The molecule has 0 heterocycles. The SMILES string of the molecule is C/C=C/C1=C(C)Cc2ccccc21. The third-order valence-electron chi connectivity index (χ3n) is 2.56. The molecule has 1 aliphatic carbocycles. The van der Waals surface area contributed by atoms with Crippen LogP contribution < -0.4 is 0 Å². The molecule has 0 amide bonds. The zero-order valence-electron chi connectivity index (χ0n) is 8.17. The van der Waals surface area contributed by atoms with Crippen LogP contribution in [0.3, 0.4) is 0 Å². The molecule has 13 heavy (non-hydrogen) atoms. The molecule has 0 radical (unpaired) electrons. The van der Waals surface area contributed by atoms with Crippen molar-refractivity contribution in [2.45, 2.75) is 20.3 Å². The van der Waals surface area contributed by atoms with Gasteiger partial charge in [0.2, 0.25) is 0 Å². The number of benzene rings is 1. The summed E-state index contributed by atoms with van der Waals surface area (Å²) in [6.45, 7) is 4.29. The predicted molar refractivity (Wildman–Crippen MR) is 57.6 cm³/mol. The van der Waals surface area contributed by atoms with E-state index in [2.05, 4.69) is 50.3 Å². The quantitative estimate of drug-likeness (QED) is 0.604. The average Bonchev–Trinajstić information content (AvgIpc) is 2.44. The van der Waals surface area contributed by atoms with Gasteiger partial charge in [0.25, 0.3) is 0 Å². The van der Waals surface area contributed by atoms with Gasteiger partial charge in [-0.1, -0.05) is 42.0 Å². The van der Waals surface area contributed by atoms with Crippen LogP contribution in [0.5, 0.6) is 0 Å². The zero-order valence-corrected chi connectivity index (χ0v) is 8.17. The highest BCUT2D eigenvalue weighted by atomic mass is 14.2. The second-order valence-corrected chi connectivity index (χ2v) is 3.53. The summed E-state index contributed by atoms with van der Waals surface area (Å²) >= 11 is 0. The van der Waals surface area contributed by atoms with E-state index < -0.39 is 0 Å². The van der Waals surface area contributed by atoms with E-state index in [9.17, 15) is 0 Å². The van der Waals surface area contributed by atoms with Crippen molar-refractivity contribution in [1.82, 2.24) is 0 Å². The van der Waals surface area contributed by atoms with Gasteiger partial charge in [-0.2, -0.15) is 0 Å². The highest BCUT2D eigenvalue weighted by Crippen LogP contribution is 2.32. The molecule has 0 spiro atoms. The third kappa shape index (κ3) is 1.33. The van der Waals surface area contributed by atoms with Gasteiger partial charge in [-0.25, -0.2) is 0 Å². The lowest BCUT2D eigenvalue weighted by Gasteiger charge is -1.99. The smallest absolute Gasteiger partial charge is 0.00545 e. The van der Waals surface area contributed by atoms with Crippen molar-refractivity contribution in [3.05, 3.63) is 53.1 Å². The lowest BCUT2D eigenvalue weighted by atomic mass is 10.1. The molecule has 0 N–H and O–H groups in total. The maximum absolute atomic E-state index is 2.22. The summed E-state index contributed by atoms with van der Waals surface area (Å²) in [4.78, 5) is 0. The fraction of sp³-hybridized carbons (Fsp3) is 0.231. The number of fused-ring (bicyclic) bond motifs is 1. The molecule has 1 aromatic rings. The largest absolute Gasteiger partial charge is 0.0870 e. The molecular formula is C13H14. The molecule has 0 unspecified atom stereocenters. The van der Waals surface area contributed by atoms with Gasteiger partial charge in [0, 0.05) is 0 Å². The standard InChI is InChI=1S/C13H14/c1-3-6-12-10(2)9-11-7-4-5-8-13(11)12/h3-8H,9H2,1-2H3/b6-3+. The van der Waals surface area contributed by atoms with E-state index in [1.54, 1.807) is 0 Å². The predicted octanol–water partition coefficient (Wildman–Crippen LogP) is 3.59. The first-order valence-corrected chi connectivity index (χ1v) is 4.73. The van der Waals surface area contributed by atoms with E-state index in [-0.39, 0.29) is 0 Å². The summed E-state index contributed by atoms with van der Waals surface area (Å²) in [5.41, 5.74) is 5.78. The van der Waals surface area contributed by atoms with E-state index in [4.69, 9.17) is 0 Å². The Hall–Kier alpha value is -1.30. The Kier molecular flexibility index (Phi) is 2.05. The summed E-state index contributed by atoms with van der Waals surface area (Å²) in [5.74, 6) is 0. The topological polar surface area (TPSA) is 0 Å². The van der Waals surface area contributed by atoms with Crippen LogP contribution >= 0.6 is 0 Å². The number of hydrogen-bond acceptors (Lipinski definition) is 0. The molecule has 2 rings (SSSR count). The summed E-state index contributed by atoms with van der Waals surface area (Å²) in [5, 5.41) is 0. The minimum Gasteiger partial charge on any atom is -0.0870 e. The Morgan fingerprint density at radius 2 is 2.00 bits per heavy atom. The molecule has 0 atom stereocenters. The van der Waals surface area contributed by atoms with Crippen LogP contribution in [0, 0.1) is 0 Å². The molecular weight excluding hydrogens is 156 g/mol. The van der Waals surface area contributed by atoms with Gasteiger partial charge >= 0.3 is 0 Å². The molecule has 1 aromatic carbocycles. The molecule has 0 fully saturated rings. The van der Waals surface area contributed by atoms with Gasteiger partial charge < -0.3 is 0 Å². The van der Waals surface area contributed by atoms with Crippen LogP contribution in [0.2, 0.25) is 0 Å². The van der Waals surface area contributed by atoms with Crippen LogP contribution in [0.4, 0.5) is 0 Å². The van der Waals surface area contributed by atoms with Crippen LogP contribution in [-0.4, -0.2) is 0 Å². The highest BCUT2D eigenvalue weighted by molar-refractivity contribution is 5.82. The summed E-state index contributed by atoms with van der Waals surface area (Å²) in [6.07, 6.45) is 5.44. The Labute approximate surface area is 79.6 Å². The highest BCUT2D eigenvalue weighted by Gasteiger charge is 2.14. The first-order valence-electron chi connectivity index (χ1n) is 4.73. The Morgan fingerprint density at radius 1 is 1.23 bits per heavy atom. The van der Waals surface area contributed by atoms with Crippen molar-refractivity contribution in [3.8, 4) is 0 Å². The molecule has 0 aliphatic heterocycles. The Balaban J connectivity index is 2.53. The second kappa shape index (κ2) is 3.21. The van der Waals surface area contributed by atoms with Crippen molar-refractivity contribution in [2.24, 2.45) is 0 Å². The van der Waals surface area contributed by atoms with E-state index in [0.717, 1.165) is 6.42 Å². The monoisotopic (exact) mass is 170 g/mol.